The number of rotatable bonds is 6. The lowest BCUT2D eigenvalue weighted by atomic mass is 10.3. The van der Waals surface area contributed by atoms with Crippen LogP contribution in [0.5, 0.6) is 0 Å². The topological polar surface area (TPSA) is 41.6 Å². The van der Waals surface area contributed by atoms with Crippen LogP contribution in [-0.4, -0.2) is 22.4 Å². The van der Waals surface area contributed by atoms with Crippen LogP contribution in [0.15, 0.2) is 42.6 Å². The van der Waals surface area contributed by atoms with Gasteiger partial charge in [0, 0.05) is 0 Å². The van der Waals surface area contributed by atoms with Crippen molar-refractivity contribution in [2.24, 2.45) is 0 Å². The van der Waals surface area contributed by atoms with Gasteiger partial charge in [-0.2, -0.15) is 0 Å². The molecule has 116 valence electrons. The molecule has 1 aromatic carbocycles. The Labute approximate surface area is 139 Å². The summed E-state index contributed by atoms with van der Waals surface area (Å²) in [4.78, 5) is 11.7. The van der Waals surface area contributed by atoms with Gasteiger partial charge in [-0.15, -0.1) is 0 Å². The summed E-state index contributed by atoms with van der Waals surface area (Å²) in [6.45, 7) is 7.46. The predicted octanol–water partition coefficient (Wildman–Crippen LogP) is 3.83. The average Bonchev–Trinajstić information content (AvgIpc) is 2.44. The molecular weight excluding hydrogens is 335 g/mol. The summed E-state index contributed by atoms with van der Waals surface area (Å²) in [6, 6.07) is 8.47. The number of anilines is 1. The Morgan fingerprint density at radius 1 is 1.38 bits per heavy atom. The zero-order valence-corrected chi connectivity index (χ0v) is 14.0. The zero-order chi connectivity index (χ0) is 16.0. The first-order chi connectivity index (χ1) is 9.77. The second kappa shape index (κ2) is 7.90. The van der Waals surface area contributed by atoms with Crippen LogP contribution in [0.1, 0.15) is 13.8 Å². The van der Waals surface area contributed by atoms with Crippen molar-refractivity contribution in [2.75, 3.05) is 11.6 Å². The Hall–Kier alpha value is -0.940. The molecule has 0 aromatic heterocycles. The van der Waals surface area contributed by atoms with E-state index < -0.39 is 15.8 Å². The van der Waals surface area contributed by atoms with E-state index in [0.29, 0.717) is 12.3 Å². The zero-order valence-electron chi connectivity index (χ0n) is 11.8. The quantitative estimate of drug-likeness (QED) is 0.480. The molecular formula is C14H17Cl3N2O2. The molecule has 0 saturated carbocycles. The van der Waals surface area contributed by atoms with Crippen molar-refractivity contribution in [3.05, 3.63) is 42.6 Å². The number of esters is 1. The number of hydrogen-bond acceptors (Lipinski definition) is 4. The molecule has 0 spiro atoms. The molecule has 1 aromatic rings. The van der Waals surface area contributed by atoms with Gasteiger partial charge in [-0.05, 0) is 26.0 Å². The predicted molar refractivity (Wildman–Crippen MR) is 87.6 cm³/mol. The molecule has 0 bridgehead atoms. The summed E-state index contributed by atoms with van der Waals surface area (Å²) in [5, 5.41) is 1.47. The molecule has 0 amide bonds. The third-order valence-corrected chi connectivity index (χ3v) is 3.23. The van der Waals surface area contributed by atoms with Crippen LogP contribution in [-0.2, 0) is 9.53 Å². The lowest BCUT2D eigenvalue weighted by Crippen LogP contribution is -2.49. The van der Waals surface area contributed by atoms with Gasteiger partial charge in [-0.3, -0.25) is 9.80 Å². The maximum Gasteiger partial charge on any atom is 0.324 e. The van der Waals surface area contributed by atoms with Crippen molar-refractivity contribution < 1.29 is 9.53 Å². The third-order valence-electron chi connectivity index (χ3n) is 2.57. The van der Waals surface area contributed by atoms with Crippen LogP contribution >= 0.6 is 34.8 Å². The highest BCUT2D eigenvalue weighted by Crippen LogP contribution is 2.36. The highest BCUT2D eigenvalue weighted by Gasteiger charge is 2.31. The summed E-state index contributed by atoms with van der Waals surface area (Å²) in [5.41, 5.74) is 3.79. The first kappa shape index (κ1) is 18.1. The fraction of sp³-hybridized carbons (Fsp3) is 0.357. The lowest BCUT2D eigenvalue weighted by molar-refractivity contribution is -0.145. The van der Waals surface area contributed by atoms with E-state index in [-0.39, 0.29) is 5.70 Å². The van der Waals surface area contributed by atoms with Gasteiger partial charge in [0.25, 0.3) is 0 Å². The van der Waals surface area contributed by atoms with E-state index in [1.807, 2.05) is 18.2 Å². The molecule has 0 heterocycles. The van der Waals surface area contributed by atoms with Crippen molar-refractivity contribution in [1.82, 2.24) is 5.43 Å². The number of hydrazine groups is 1. The van der Waals surface area contributed by atoms with E-state index >= 15 is 0 Å². The van der Waals surface area contributed by atoms with Gasteiger partial charge in [0.2, 0.25) is 3.79 Å². The summed E-state index contributed by atoms with van der Waals surface area (Å²) >= 11 is 17.7. The number of allylic oxidation sites excluding steroid dienone is 1. The molecule has 7 heteroatoms. The van der Waals surface area contributed by atoms with Crippen LogP contribution in [0.25, 0.3) is 0 Å². The second-order valence-corrected chi connectivity index (χ2v) is 6.50. The highest BCUT2D eigenvalue weighted by atomic mass is 35.6. The van der Waals surface area contributed by atoms with Gasteiger partial charge in [-0.1, -0.05) is 59.6 Å². The lowest BCUT2D eigenvalue weighted by Gasteiger charge is -2.32. The molecule has 0 saturated heterocycles. The number of ether oxygens (including phenoxy) is 1. The van der Waals surface area contributed by atoms with Crippen molar-refractivity contribution >= 4 is 46.5 Å². The first-order valence-corrected chi connectivity index (χ1v) is 7.44. The van der Waals surface area contributed by atoms with Gasteiger partial charge in [0.05, 0.1) is 18.0 Å². The number of nitrogens with one attached hydrogen (secondary N) is 1. The summed E-state index contributed by atoms with van der Waals surface area (Å²) in [7, 11) is 0. The van der Waals surface area contributed by atoms with Crippen molar-refractivity contribution in [2.45, 2.75) is 23.7 Å². The number of halogens is 3. The fourth-order valence-electron chi connectivity index (χ4n) is 1.53. The van der Waals surface area contributed by atoms with Crippen molar-refractivity contribution in [3.63, 3.8) is 0 Å². The number of carbonyl (C=O) groups is 1. The minimum atomic E-state index is -1.71. The van der Waals surface area contributed by atoms with Gasteiger partial charge in [0.1, 0.15) is 6.04 Å². The monoisotopic (exact) mass is 350 g/mol. The molecule has 1 rings (SSSR count). The largest absolute Gasteiger partial charge is 0.465 e. The number of para-hydroxylation sites is 1. The van der Waals surface area contributed by atoms with E-state index in [9.17, 15) is 4.79 Å². The second-order valence-electron chi connectivity index (χ2n) is 4.22. The Kier molecular flexibility index (Phi) is 6.81. The van der Waals surface area contributed by atoms with E-state index in [4.69, 9.17) is 39.5 Å². The van der Waals surface area contributed by atoms with Crippen molar-refractivity contribution in [1.29, 1.82) is 0 Å². The van der Waals surface area contributed by atoms with E-state index in [2.05, 4.69) is 12.0 Å². The Bertz CT molecular complexity index is 489. The van der Waals surface area contributed by atoms with Gasteiger partial charge < -0.3 is 4.74 Å². The molecule has 1 unspecified atom stereocenters. The Morgan fingerprint density at radius 3 is 2.43 bits per heavy atom. The van der Waals surface area contributed by atoms with Gasteiger partial charge >= 0.3 is 5.97 Å². The van der Waals surface area contributed by atoms with Gasteiger partial charge in [-0.25, -0.2) is 5.43 Å². The molecule has 1 N–H and O–H groups in total. The van der Waals surface area contributed by atoms with E-state index in [1.165, 1.54) is 5.01 Å². The van der Waals surface area contributed by atoms with Crippen LogP contribution in [0.4, 0.5) is 5.69 Å². The molecule has 21 heavy (non-hydrogen) atoms. The number of nitrogens with zero attached hydrogens (tertiary/aromatic N) is 1. The molecule has 0 radical (unpaired) electrons. The summed E-state index contributed by atoms with van der Waals surface area (Å²) in [6.07, 6.45) is 0. The number of carbonyl (C=O) groups excluding carboxylic acids is 1. The number of benzene rings is 1. The SMILES string of the molecule is C=C(N(NC(C)C(=O)OCC)c1ccccc1)C(Cl)(Cl)Cl. The molecule has 0 aliphatic carbocycles. The van der Waals surface area contributed by atoms with Crippen LogP contribution < -0.4 is 10.4 Å². The highest BCUT2D eigenvalue weighted by molar-refractivity contribution is 6.69. The number of hydrogen-bond donors (Lipinski definition) is 1. The van der Waals surface area contributed by atoms with Crippen LogP contribution in [0, 0.1) is 0 Å². The van der Waals surface area contributed by atoms with E-state index in [0.717, 1.165) is 0 Å². The Balaban J connectivity index is 2.99. The first-order valence-electron chi connectivity index (χ1n) is 6.31. The molecule has 0 aliphatic rings. The normalized spacial score (nSPS) is 12.6. The average molecular weight is 352 g/mol. The molecule has 0 aliphatic heterocycles. The van der Waals surface area contributed by atoms with Crippen molar-refractivity contribution in [3.8, 4) is 0 Å². The molecule has 1 atom stereocenters. The number of alkyl halides is 3. The third kappa shape index (κ3) is 5.40. The molecule has 0 fully saturated rings. The fourth-order valence-corrected chi connectivity index (χ4v) is 1.78. The summed E-state index contributed by atoms with van der Waals surface area (Å²) in [5.74, 6) is -0.407. The Morgan fingerprint density at radius 2 is 1.95 bits per heavy atom. The smallest absolute Gasteiger partial charge is 0.324 e. The minimum absolute atomic E-state index is 0.176. The van der Waals surface area contributed by atoms with Crippen LogP contribution in [0.2, 0.25) is 0 Å². The van der Waals surface area contributed by atoms with Gasteiger partial charge in [0.15, 0.2) is 0 Å². The van der Waals surface area contributed by atoms with Crippen LogP contribution in [0.3, 0.4) is 0 Å². The van der Waals surface area contributed by atoms with E-state index in [1.54, 1.807) is 26.0 Å². The summed E-state index contributed by atoms with van der Waals surface area (Å²) < 4.78 is 3.24. The molecule has 4 nitrogen and oxygen atoms in total. The standard InChI is InChI=1S/C14H17Cl3N2O2/c1-4-21-13(20)10(2)18-19(11(3)14(15,16)17)12-8-6-5-7-9-12/h5-10,18H,3-4H2,1-2H3. The minimum Gasteiger partial charge on any atom is -0.465 e. The maximum atomic E-state index is 11.7. The maximum absolute atomic E-state index is 11.7.